The number of nitro groups is 1. The highest BCUT2D eigenvalue weighted by Gasteiger charge is 2.12. The third kappa shape index (κ3) is 3.23. The van der Waals surface area contributed by atoms with Crippen molar-refractivity contribution >= 4 is 29.0 Å². The van der Waals surface area contributed by atoms with Crippen molar-refractivity contribution in [3.63, 3.8) is 0 Å². The maximum absolute atomic E-state index is 11.8. The van der Waals surface area contributed by atoms with Crippen molar-refractivity contribution in [1.29, 1.82) is 0 Å². The van der Waals surface area contributed by atoms with E-state index in [1.807, 2.05) is 0 Å². The van der Waals surface area contributed by atoms with Crippen molar-refractivity contribution in [2.75, 3.05) is 5.32 Å². The van der Waals surface area contributed by atoms with Gasteiger partial charge in [-0.2, -0.15) is 0 Å². The fourth-order valence-electron chi connectivity index (χ4n) is 1.33. The van der Waals surface area contributed by atoms with Gasteiger partial charge in [-0.05, 0) is 18.2 Å². The maximum Gasteiger partial charge on any atom is 0.270 e. The summed E-state index contributed by atoms with van der Waals surface area (Å²) >= 11 is 5.56. The van der Waals surface area contributed by atoms with Crippen LogP contribution in [0.2, 0.25) is 5.15 Å². The predicted molar refractivity (Wildman–Crippen MR) is 68.1 cm³/mol. The number of nitrogens with one attached hydrogen (secondary N) is 1. The van der Waals surface area contributed by atoms with Crippen LogP contribution >= 0.6 is 11.6 Å². The molecule has 0 aliphatic rings. The lowest BCUT2D eigenvalue weighted by Gasteiger charge is -2.03. The molecule has 1 heterocycles. The fraction of sp³-hybridized carbons (Fsp3) is 0. The van der Waals surface area contributed by atoms with Crippen molar-refractivity contribution in [2.24, 2.45) is 0 Å². The highest BCUT2D eigenvalue weighted by atomic mass is 35.5. The monoisotopic (exact) mass is 278 g/mol. The van der Waals surface area contributed by atoms with Crippen molar-refractivity contribution < 1.29 is 9.72 Å². The van der Waals surface area contributed by atoms with Crippen LogP contribution in [0.5, 0.6) is 0 Å². The minimum absolute atomic E-state index is 0.158. The Balaban J connectivity index is 2.18. The van der Waals surface area contributed by atoms with Gasteiger partial charge < -0.3 is 5.32 Å². The maximum atomic E-state index is 11.8. The van der Waals surface area contributed by atoms with Gasteiger partial charge in [-0.25, -0.2) is 0 Å². The van der Waals surface area contributed by atoms with Crippen LogP contribution < -0.4 is 5.32 Å². The van der Waals surface area contributed by atoms with Crippen LogP contribution in [-0.4, -0.2) is 21.0 Å². The lowest BCUT2D eigenvalue weighted by Crippen LogP contribution is -2.13. The van der Waals surface area contributed by atoms with E-state index in [0.717, 1.165) is 0 Å². The second kappa shape index (κ2) is 5.40. The molecule has 0 saturated carbocycles. The Morgan fingerprint density at radius 1 is 1.26 bits per heavy atom. The number of benzene rings is 1. The van der Waals surface area contributed by atoms with E-state index in [2.05, 4.69) is 15.5 Å². The number of nitrogens with zero attached hydrogens (tertiary/aromatic N) is 3. The summed E-state index contributed by atoms with van der Waals surface area (Å²) in [5.74, 6) is -0.304. The second-order valence-corrected chi connectivity index (χ2v) is 3.89. The molecule has 1 aromatic carbocycles. The van der Waals surface area contributed by atoms with Crippen molar-refractivity contribution in [1.82, 2.24) is 10.2 Å². The van der Waals surface area contributed by atoms with E-state index in [-0.39, 0.29) is 22.2 Å². The molecule has 0 aliphatic heterocycles. The predicted octanol–water partition coefficient (Wildman–Crippen LogP) is 2.29. The Morgan fingerprint density at radius 3 is 2.68 bits per heavy atom. The van der Waals surface area contributed by atoms with Crippen LogP contribution in [0, 0.1) is 10.1 Å². The van der Waals surface area contributed by atoms with Gasteiger partial charge in [-0.15, -0.1) is 10.2 Å². The number of aromatic nitrogens is 2. The number of rotatable bonds is 3. The van der Waals surface area contributed by atoms with Crippen molar-refractivity contribution in [2.45, 2.75) is 0 Å². The summed E-state index contributed by atoms with van der Waals surface area (Å²) < 4.78 is 0. The van der Waals surface area contributed by atoms with E-state index in [0.29, 0.717) is 0 Å². The highest BCUT2D eigenvalue weighted by molar-refractivity contribution is 6.29. The molecule has 19 heavy (non-hydrogen) atoms. The molecule has 96 valence electrons. The molecule has 1 amide bonds. The highest BCUT2D eigenvalue weighted by Crippen LogP contribution is 2.14. The molecule has 2 rings (SSSR count). The van der Waals surface area contributed by atoms with Crippen LogP contribution in [0.25, 0.3) is 0 Å². The van der Waals surface area contributed by atoms with Gasteiger partial charge >= 0.3 is 0 Å². The Labute approximate surface area is 112 Å². The molecule has 7 nitrogen and oxygen atoms in total. The van der Waals surface area contributed by atoms with Crippen LogP contribution in [-0.2, 0) is 0 Å². The molecule has 0 unspecified atom stereocenters. The minimum atomic E-state index is -0.571. The third-order valence-corrected chi connectivity index (χ3v) is 2.39. The van der Waals surface area contributed by atoms with Crippen LogP contribution in [0.1, 0.15) is 10.4 Å². The Kier molecular flexibility index (Phi) is 3.67. The number of halogens is 1. The van der Waals surface area contributed by atoms with Gasteiger partial charge in [0, 0.05) is 17.7 Å². The lowest BCUT2D eigenvalue weighted by molar-refractivity contribution is -0.384. The minimum Gasteiger partial charge on any atom is -0.305 e. The molecule has 1 N–H and O–H groups in total. The Morgan fingerprint density at radius 2 is 2.05 bits per heavy atom. The molecular weight excluding hydrogens is 272 g/mol. The van der Waals surface area contributed by atoms with E-state index in [4.69, 9.17) is 11.6 Å². The number of amides is 1. The number of hydrogen-bond acceptors (Lipinski definition) is 5. The van der Waals surface area contributed by atoms with Crippen LogP contribution in [0.3, 0.4) is 0 Å². The van der Waals surface area contributed by atoms with E-state index in [1.165, 1.54) is 36.4 Å². The molecule has 1 aromatic heterocycles. The standard InChI is InChI=1S/C11H7ClN4O3/c12-9-4-5-10(15-14-9)13-11(17)7-2-1-3-8(6-7)16(18)19/h1-6H,(H,13,15,17). The molecule has 0 bridgehead atoms. The molecule has 0 saturated heterocycles. The van der Waals surface area contributed by atoms with Gasteiger partial charge in [0.15, 0.2) is 11.0 Å². The number of anilines is 1. The molecule has 2 aromatic rings. The van der Waals surface area contributed by atoms with E-state index >= 15 is 0 Å². The first-order chi connectivity index (χ1) is 9.06. The van der Waals surface area contributed by atoms with E-state index < -0.39 is 10.8 Å². The largest absolute Gasteiger partial charge is 0.305 e. The first-order valence-corrected chi connectivity index (χ1v) is 5.49. The number of nitro benzene ring substituents is 1. The first kappa shape index (κ1) is 12.9. The first-order valence-electron chi connectivity index (χ1n) is 5.11. The summed E-state index contributed by atoms with van der Waals surface area (Å²) in [6, 6.07) is 8.33. The fourth-order valence-corrected chi connectivity index (χ4v) is 1.43. The van der Waals surface area contributed by atoms with Gasteiger partial charge in [-0.3, -0.25) is 14.9 Å². The molecule has 8 heteroatoms. The lowest BCUT2D eigenvalue weighted by atomic mass is 10.2. The third-order valence-electron chi connectivity index (χ3n) is 2.19. The molecule has 0 atom stereocenters. The van der Waals surface area contributed by atoms with Gasteiger partial charge in [0.1, 0.15) is 0 Å². The van der Waals surface area contributed by atoms with E-state index in [1.54, 1.807) is 0 Å². The van der Waals surface area contributed by atoms with Gasteiger partial charge in [0.05, 0.1) is 4.92 Å². The van der Waals surface area contributed by atoms with E-state index in [9.17, 15) is 14.9 Å². The summed E-state index contributed by atoms with van der Waals surface area (Å²) in [7, 11) is 0. The zero-order valence-corrected chi connectivity index (χ0v) is 10.2. The number of hydrogen-bond donors (Lipinski definition) is 1. The van der Waals surface area contributed by atoms with Crippen LogP contribution in [0.4, 0.5) is 11.5 Å². The summed E-state index contributed by atoms with van der Waals surface area (Å²) in [4.78, 5) is 21.9. The molecule has 0 radical (unpaired) electrons. The molecule has 0 spiro atoms. The van der Waals surface area contributed by atoms with Gasteiger partial charge in [-0.1, -0.05) is 17.7 Å². The SMILES string of the molecule is O=C(Nc1ccc(Cl)nn1)c1cccc([N+](=O)[O-])c1. The summed E-state index contributed by atoms with van der Waals surface area (Å²) in [6.45, 7) is 0. The average molecular weight is 279 g/mol. The number of non-ortho nitro benzene ring substituents is 1. The number of carbonyl (C=O) groups excluding carboxylic acids is 1. The Bertz CT molecular complexity index is 630. The quantitative estimate of drug-likeness (QED) is 0.686. The zero-order chi connectivity index (χ0) is 13.8. The number of carbonyl (C=O) groups is 1. The smallest absolute Gasteiger partial charge is 0.270 e. The normalized spacial score (nSPS) is 9.95. The zero-order valence-electron chi connectivity index (χ0n) is 9.41. The summed E-state index contributed by atoms with van der Waals surface area (Å²) in [6.07, 6.45) is 0. The summed E-state index contributed by atoms with van der Waals surface area (Å²) in [5.41, 5.74) is 0.000732. The van der Waals surface area contributed by atoms with Gasteiger partial charge in [0.25, 0.3) is 11.6 Å². The molecule has 0 fully saturated rings. The summed E-state index contributed by atoms with van der Waals surface area (Å²) in [5, 5.41) is 20.5. The van der Waals surface area contributed by atoms with Crippen molar-refractivity contribution in [3.05, 3.63) is 57.2 Å². The van der Waals surface area contributed by atoms with Gasteiger partial charge in [0.2, 0.25) is 0 Å². The molecular formula is C11H7ClN4O3. The molecule has 0 aliphatic carbocycles. The van der Waals surface area contributed by atoms with Crippen LogP contribution in [0.15, 0.2) is 36.4 Å². The second-order valence-electron chi connectivity index (χ2n) is 3.50. The van der Waals surface area contributed by atoms with Crippen molar-refractivity contribution in [3.8, 4) is 0 Å². The topological polar surface area (TPSA) is 98.0 Å². The average Bonchev–Trinajstić information content (AvgIpc) is 2.41. The Hall–Kier alpha value is -2.54.